The van der Waals surface area contributed by atoms with E-state index in [9.17, 15) is 19.5 Å². The quantitative estimate of drug-likeness (QED) is 0.438. The number of carbonyl (C=O) groups is 3. The maximum absolute atomic E-state index is 11.7. The van der Waals surface area contributed by atoms with Crippen LogP contribution in [-0.4, -0.2) is 49.1 Å². The third-order valence-electron chi connectivity index (χ3n) is 3.57. The highest BCUT2D eigenvalue weighted by atomic mass is 16.5. The van der Waals surface area contributed by atoms with Crippen LogP contribution < -0.4 is 0 Å². The van der Waals surface area contributed by atoms with Gasteiger partial charge in [0.1, 0.15) is 12.4 Å². The molecule has 0 amide bonds. The van der Waals surface area contributed by atoms with E-state index in [-0.39, 0.29) is 24.6 Å². The molecule has 0 saturated carbocycles. The summed E-state index contributed by atoms with van der Waals surface area (Å²) in [5.74, 6) is -1.58. The van der Waals surface area contributed by atoms with E-state index in [0.717, 1.165) is 12.8 Å². The van der Waals surface area contributed by atoms with Crippen molar-refractivity contribution in [2.45, 2.75) is 58.8 Å². The molecule has 0 saturated heterocycles. The van der Waals surface area contributed by atoms with Crippen molar-refractivity contribution in [3.63, 3.8) is 0 Å². The van der Waals surface area contributed by atoms with Crippen LogP contribution in [0.4, 0.5) is 0 Å². The van der Waals surface area contributed by atoms with Crippen molar-refractivity contribution in [1.82, 2.24) is 0 Å². The zero-order valence-electron chi connectivity index (χ0n) is 14.3. The Labute approximate surface area is 138 Å². The molecule has 6 heteroatoms. The predicted molar refractivity (Wildman–Crippen MR) is 86.4 cm³/mol. The number of hydrogen-bond acceptors (Lipinski definition) is 5. The molecule has 0 aliphatic carbocycles. The second-order valence-electron chi connectivity index (χ2n) is 5.52. The molecule has 0 spiro atoms. The molecule has 0 fully saturated rings. The van der Waals surface area contributed by atoms with Gasteiger partial charge in [0, 0.05) is 25.9 Å². The van der Waals surface area contributed by atoms with Gasteiger partial charge in [0.15, 0.2) is 5.78 Å². The van der Waals surface area contributed by atoms with Crippen LogP contribution in [0.25, 0.3) is 0 Å². The molecule has 0 radical (unpaired) electrons. The fraction of sp³-hybridized carbons (Fsp3) is 0.824. The molecule has 0 aromatic carbocycles. The normalized spacial score (nSPS) is 12.1. The van der Waals surface area contributed by atoms with E-state index in [2.05, 4.69) is 0 Å². The van der Waals surface area contributed by atoms with Gasteiger partial charge in [-0.3, -0.25) is 14.4 Å². The van der Waals surface area contributed by atoms with Gasteiger partial charge in [-0.2, -0.15) is 0 Å². The summed E-state index contributed by atoms with van der Waals surface area (Å²) >= 11 is 0. The maximum Gasteiger partial charge on any atom is 0.306 e. The number of rotatable bonds is 16. The zero-order valence-corrected chi connectivity index (χ0v) is 14.3. The fourth-order valence-corrected chi connectivity index (χ4v) is 2.16. The van der Waals surface area contributed by atoms with Crippen molar-refractivity contribution in [3.8, 4) is 0 Å². The Morgan fingerprint density at radius 3 is 2.26 bits per heavy atom. The summed E-state index contributed by atoms with van der Waals surface area (Å²) in [6.45, 7) is 5.02. The van der Waals surface area contributed by atoms with Crippen LogP contribution in [0.3, 0.4) is 0 Å². The highest BCUT2D eigenvalue weighted by Gasteiger charge is 2.20. The van der Waals surface area contributed by atoms with Gasteiger partial charge in [-0.1, -0.05) is 19.8 Å². The molecule has 0 aliphatic rings. The molecule has 1 unspecified atom stereocenters. The van der Waals surface area contributed by atoms with Crippen molar-refractivity contribution < 1.29 is 29.0 Å². The molecule has 0 aromatic heterocycles. The number of Topliss-reactive ketones (excluding diaryl/α,β-unsaturated/α-hetero) is 2. The fourth-order valence-electron chi connectivity index (χ4n) is 2.16. The van der Waals surface area contributed by atoms with Gasteiger partial charge in [-0.15, -0.1) is 0 Å². The average molecular weight is 330 g/mol. The summed E-state index contributed by atoms with van der Waals surface area (Å²) < 4.78 is 10.2. The second-order valence-corrected chi connectivity index (χ2v) is 5.52. The van der Waals surface area contributed by atoms with Crippen molar-refractivity contribution in [2.24, 2.45) is 5.92 Å². The van der Waals surface area contributed by atoms with Crippen molar-refractivity contribution in [1.29, 1.82) is 0 Å². The van der Waals surface area contributed by atoms with Gasteiger partial charge in [0.05, 0.1) is 19.1 Å². The summed E-state index contributed by atoms with van der Waals surface area (Å²) in [4.78, 5) is 34.1. The van der Waals surface area contributed by atoms with Crippen LogP contribution in [0.5, 0.6) is 0 Å². The molecule has 134 valence electrons. The van der Waals surface area contributed by atoms with Gasteiger partial charge < -0.3 is 14.6 Å². The number of ether oxygens (including phenoxy) is 2. The summed E-state index contributed by atoms with van der Waals surface area (Å²) in [6.07, 6.45) is 3.88. The van der Waals surface area contributed by atoms with Crippen molar-refractivity contribution in [3.05, 3.63) is 0 Å². The third-order valence-corrected chi connectivity index (χ3v) is 3.57. The van der Waals surface area contributed by atoms with Crippen molar-refractivity contribution >= 4 is 17.5 Å². The van der Waals surface area contributed by atoms with Gasteiger partial charge >= 0.3 is 5.97 Å². The minimum absolute atomic E-state index is 0.00212. The van der Waals surface area contributed by atoms with E-state index in [1.165, 1.54) is 0 Å². The first kappa shape index (κ1) is 21.7. The highest BCUT2D eigenvalue weighted by Crippen LogP contribution is 2.16. The van der Waals surface area contributed by atoms with E-state index in [1.807, 2.05) is 13.8 Å². The monoisotopic (exact) mass is 330 g/mol. The first-order valence-corrected chi connectivity index (χ1v) is 8.42. The molecule has 1 N–H and O–H groups in total. The predicted octanol–water partition coefficient (Wildman–Crippen LogP) is 2.63. The molecule has 6 nitrogen and oxygen atoms in total. The molecule has 0 bridgehead atoms. The number of carboxylic acid groups (broad SMARTS) is 1. The Balaban J connectivity index is 3.86. The Hall–Kier alpha value is -1.27. The number of hydrogen-bond donors (Lipinski definition) is 1. The van der Waals surface area contributed by atoms with Gasteiger partial charge in [-0.05, 0) is 19.8 Å². The van der Waals surface area contributed by atoms with Gasteiger partial charge in [0.25, 0.3) is 0 Å². The maximum atomic E-state index is 11.7. The lowest BCUT2D eigenvalue weighted by Gasteiger charge is -2.11. The Bertz CT molecular complexity index is 353. The number of carbonyl (C=O) groups excluding carboxylic acids is 2. The zero-order chi connectivity index (χ0) is 17.5. The first-order valence-electron chi connectivity index (χ1n) is 8.42. The third kappa shape index (κ3) is 12.9. The summed E-state index contributed by atoms with van der Waals surface area (Å²) in [5.41, 5.74) is 0. The highest BCUT2D eigenvalue weighted by molar-refractivity contribution is 5.84. The van der Waals surface area contributed by atoms with Crippen LogP contribution >= 0.6 is 0 Å². The van der Waals surface area contributed by atoms with Crippen LogP contribution in [0, 0.1) is 5.92 Å². The van der Waals surface area contributed by atoms with Crippen LogP contribution in [-0.2, 0) is 23.9 Å². The number of unbranched alkanes of at least 4 members (excludes halogenated alkanes) is 2. The van der Waals surface area contributed by atoms with Crippen LogP contribution in [0.15, 0.2) is 0 Å². The van der Waals surface area contributed by atoms with E-state index in [4.69, 9.17) is 9.47 Å². The lowest BCUT2D eigenvalue weighted by atomic mass is 9.95. The lowest BCUT2D eigenvalue weighted by molar-refractivity contribution is -0.144. The van der Waals surface area contributed by atoms with Crippen LogP contribution in [0.2, 0.25) is 0 Å². The summed E-state index contributed by atoms with van der Waals surface area (Å²) in [7, 11) is 0. The molecular formula is C17H30O6. The largest absolute Gasteiger partial charge is 0.481 e. The molecule has 1 atom stereocenters. The van der Waals surface area contributed by atoms with Gasteiger partial charge in [0.2, 0.25) is 0 Å². The SMILES string of the molecule is CCOCCOCC(=O)CC(CCCCCC(=O)CC)C(=O)O. The molecule has 23 heavy (non-hydrogen) atoms. The molecule has 0 aromatic rings. The number of ketones is 2. The van der Waals surface area contributed by atoms with Crippen LogP contribution in [0.1, 0.15) is 58.8 Å². The average Bonchev–Trinajstić information content (AvgIpc) is 2.52. The lowest BCUT2D eigenvalue weighted by Crippen LogP contribution is -2.21. The smallest absolute Gasteiger partial charge is 0.306 e. The number of aliphatic carboxylic acids is 1. The molecule has 0 aliphatic heterocycles. The van der Waals surface area contributed by atoms with Crippen molar-refractivity contribution in [2.75, 3.05) is 26.4 Å². The second kappa shape index (κ2) is 14.3. The number of carboxylic acids is 1. The molecule has 0 heterocycles. The molecular weight excluding hydrogens is 300 g/mol. The first-order chi connectivity index (χ1) is 11.0. The Morgan fingerprint density at radius 1 is 0.957 bits per heavy atom. The van der Waals surface area contributed by atoms with E-state index >= 15 is 0 Å². The summed E-state index contributed by atoms with van der Waals surface area (Å²) in [6, 6.07) is 0. The topological polar surface area (TPSA) is 89.9 Å². The standard InChI is InChI=1S/C17H30O6/c1-3-15(18)9-7-5-6-8-14(17(20)21)12-16(19)13-23-11-10-22-4-2/h14H,3-13H2,1-2H3,(H,20,21). The van der Waals surface area contributed by atoms with E-state index in [1.54, 1.807) is 0 Å². The Morgan fingerprint density at radius 2 is 1.65 bits per heavy atom. The minimum Gasteiger partial charge on any atom is -0.481 e. The minimum atomic E-state index is -0.947. The van der Waals surface area contributed by atoms with E-state index < -0.39 is 11.9 Å². The van der Waals surface area contributed by atoms with E-state index in [0.29, 0.717) is 45.5 Å². The summed E-state index contributed by atoms with van der Waals surface area (Å²) in [5, 5.41) is 9.18. The molecule has 0 rings (SSSR count). The Kier molecular flexibility index (Phi) is 13.5. The van der Waals surface area contributed by atoms with Gasteiger partial charge in [-0.25, -0.2) is 0 Å².